The molecule has 0 amide bonds. The van der Waals surface area contributed by atoms with Gasteiger partial charge in [0, 0.05) is 44.6 Å². The second-order valence-corrected chi connectivity index (χ2v) is 16.2. The van der Waals surface area contributed by atoms with Crippen molar-refractivity contribution in [3.8, 4) is 62.2 Å². The molecule has 0 fully saturated rings. The molecule has 4 aromatic heterocycles. The molecule has 0 radical (unpaired) electrons. The lowest BCUT2D eigenvalue weighted by Gasteiger charge is -2.13. The van der Waals surface area contributed by atoms with Crippen molar-refractivity contribution in [2.75, 3.05) is 0 Å². The van der Waals surface area contributed by atoms with Crippen LogP contribution in [0.15, 0.2) is 217 Å². The van der Waals surface area contributed by atoms with Crippen molar-refractivity contribution in [2.45, 2.75) is 0 Å². The summed E-state index contributed by atoms with van der Waals surface area (Å²) in [7, 11) is 0. The fourth-order valence-corrected chi connectivity index (χ4v) is 9.42. The van der Waals surface area contributed by atoms with E-state index in [1.165, 1.54) is 32.6 Å². The van der Waals surface area contributed by atoms with Gasteiger partial charge in [-0.2, -0.15) is 0 Å². The average Bonchev–Trinajstić information content (AvgIpc) is 3.91. The Kier molecular flexibility index (Phi) is 8.11. The zero-order chi connectivity index (χ0) is 42.1. The van der Waals surface area contributed by atoms with E-state index in [0.717, 1.165) is 66.2 Å². The molecule has 298 valence electrons. The second kappa shape index (κ2) is 14.4. The molecule has 0 spiro atoms. The normalized spacial score (nSPS) is 11.8. The third-order valence-electron chi connectivity index (χ3n) is 12.5. The number of para-hydroxylation sites is 2. The molecule has 0 bridgehead atoms. The molecule has 9 aromatic carbocycles. The Morgan fingerprint density at radius 3 is 1.86 bits per heavy atom. The van der Waals surface area contributed by atoms with Gasteiger partial charge in [0.25, 0.3) is 0 Å². The summed E-state index contributed by atoms with van der Waals surface area (Å²) in [6.45, 7) is 0. The Bertz CT molecular complexity index is 3960. The smallest absolute Gasteiger partial charge is 0.186 e. The van der Waals surface area contributed by atoms with Crippen molar-refractivity contribution < 1.29 is 4.42 Å². The zero-order valence-corrected chi connectivity index (χ0v) is 34.4. The maximum Gasteiger partial charge on any atom is 0.186 e. The van der Waals surface area contributed by atoms with E-state index in [9.17, 15) is 0 Å². The molecule has 6 heteroatoms. The van der Waals surface area contributed by atoms with Gasteiger partial charge in [0.05, 0.1) is 11.0 Å². The molecule has 4 heterocycles. The van der Waals surface area contributed by atoms with Gasteiger partial charge >= 0.3 is 0 Å². The highest BCUT2D eigenvalue weighted by atomic mass is 16.3. The number of aromatic nitrogens is 5. The van der Waals surface area contributed by atoms with Crippen LogP contribution in [0.5, 0.6) is 0 Å². The lowest BCUT2D eigenvalue weighted by atomic mass is 9.95. The highest BCUT2D eigenvalue weighted by Crippen LogP contribution is 2.39. The van der Waals surface area contributed by atoms with E-state index in [1.807, 2.05) is 30.3 Å². The number of rotatable bonds is 6. The lowest BCUT2D eigenvalue weighted by molar-refractivity contribution is 0.667. The Morgan fingerprint density at radius 2 is 1.02 bits per heavy atom. The molecular weight excluding hydrogens is 783 g/mol. The van der Waals surface area contributed by atoms with Crippen molar-refractivity contribution >= 4 is 65.3 Å². The Labute approximate surface area is 367 Å². The van der Waals surface area contributed by atoms with Crippen LogP contribution in [0, 0.1) is 0 Å². The first kappa shape index (κ1) is 36.0. The molecule has 0 atom stereocenters. The Balaban J connectivity index is 0.951. The summed E-state index contributed by atoms with van der Waals surface area (Å²) < 4.78 is 8.85. The van der Waals surface area contributed by atoms with Crippen LogP contribution in [0.2, 0.25) is 0 Å². The Hall–Kier alpha value is -8.74. The Morgan fingerprint density at radius 1 is 0.359 bits per heavy atom. The fraction of sp³-hybridized carbons (Fsp3) is 0. The van der Waals surface area contributed by atoms with E-state index in [1.54, 1.807) is 6.20 Å². The molecule has 0 aliphatic rings. The van der Waals surface area contributed by atoms with E-state index in [-0.39, 0.29) is 0 Å². The van der Waals surface area contributed by atoms with E-state index in [2.05, 4.69) is 180 Å². The summed E-state index contributed by atoms with van der Waals surface area (Å²) in [5.41, 5.74) is 11.6. The summed E-state index contributed by atoms with van der Waals surface area (Å²) in [6, 6.07) is 72.5. The van der Waals surface area contributed by atoms with Crippen molar-refractivity contribution in [1.29, 1.82) is 0 Å². The minimum absolute atomic E-state index is 0.440. The van der Waals surface area contributed by atoms with Crippen molar-refractivity contribution in [3.05, 3.63) is 212 Å². The molecule has 64 heavy (non-hydrogen) atoms. The van der Waals surface area contributed by atoms with Crippen LogP contribution in [0.25, 0.3) is 128 Å². The molecule has 0 N–H and O–H groups in total. The van der Waals surface area contributed by atoms with Gasteiger partial charge in [0.2, 0.25) is 0 Å². The number of hydrogen-bond donors (Lipinski definition) is 0. The maximum atomic E-state index is 6.47. The van der Waals surface area contributed by atoms with Gasteiger partial charge in [0.15, 0.2) is 28.8 Å². The highest BCUT2D eigenvalue weighted by Gasteiger charge is 2.20. The third-order valence-corrected chi connectivity index (χ3v) is 12.5. The largest absolute Gasteiger partial charge is 0.454 e. The second-order valence-electron chi connectivity index (χ2n) is 16.2. The number of hydrogen-bond acceptors (Lipinski definition) is 5. The molecule has 0 aliphatic heterocycles. The summed E-state index contributed by atoms with van der Waals surface area (Å²) in [5, 5.41) is 9.17. The first-order valence-electron chi connectivity index (χ1n) is 21.4. The molecule has 13 rings (SSSR count). The minimum Gasteiger partial charge on any atom is -0.454 e. The van der Waals surface area contributed by atoms with Crippen LogP contribution in [0.3, 0.4) is 0 Å². The predicted octanol–water partition coefficient (Wildman–Crippen LogP) is 14.9. The van der Waals surface area contributed by atoms with E-state index in [0.29, 0.717) is 28.8 Å². The summed E-state index contributed by atoms with van der Waals surface area (Å²) in [5.74, 6) is 1.53. The van der Waals surface area contributed by atoms with Crippen LogP contribution in [0.1, 0.15) is 0 Å². The number of pyridine rings is 1. The van der Waals surface area contributed by atoms with Crippen LogP contribution in [-0.2, 0) is 0 Å². The molecule has 0 unspecified atom stereocenters. The first-order chi connectivity index (χ1) is 31.7. The molecule has 13 aromatic rings. The number of benzene rings is 9. The quantitative estimate of drug-likeness (QED) is 0.167. The summed E-state index contributed by atoms with van der Waals surface area (Å²) in [4.78, 5) is 20.4. The topological polar surface area (TPSA) is 69.6 Å². The summed E-state index contributed by atoms with van der Waals surface area (Å²) >= 11 is 0. The van der Waals surface area contributed by atoms with Gasteiger partial charge < -0.3 is 8.98 Å². The third kappa shape index (κ3) is 5.88. The maximum absolute atomic E-state index is 6.47. The average molecular weight is 818 g/mol. The van der Waals surface area contributed by atoms with Gasteiger partial charge in [-0.05, 0) is 98.4 Å². The lowest BCUT2D eigenvalue weighted by Crippen LogP contribution is -2.01. The fourth-order valence-electron chi connectivity index (χ4n) is 9.42. The van der Waals surface area contributed by atoms with Gasteiger partial charge in [-0.3, -0.25) is 0 Å². The number of nitrogens with zero attached hydrogens (tertiary/aromatic N) is 5. The molecular formula is C58H35N5O. The standard InChI is InChI=1S/C58H35N5O/c1-2-13-37(14-3-1)49-34-43(31-42-17-6-7-20-45(42)49)57-60-56(61-58(62-57)54-55-48(29-30-59-54)47-22-9-11-24-53(47)64-55)38-27-25-36(26-28-38)39-18-12-19-44(32-39)63-51-23-10-8-21-46(51)50-33-40-15-4-5-16-41(40)35-52(50)63/h1-35H. The molecule has 6 nitrogen and oxygen atoms in total. The van der Waals surface area contributed by atoms with Gasteiger partial charge in [-0.25, -0.2) is 19.9 Å². The highest BCUT2D eigenvalue weighted by molar-refractivity contribution is 6.14. The number of fused-ring (bicyclic) bond motifs is 8. The molecule has 0 aliphatic carbocycles. The van der Waals surface area contributed by atoms with Gasteiger partial charge in [0.1, 0.15) is 5.58 Å². The van der Waals surface area contributed by atoms with E-state index in [4.69, 9.17) is 24.4 Å². The van der Waals surface area contributed by atoms with Crippen LogP contribution in [0.4, 0.5) is 0 Å². The van der Waals surface area contributed by atoms with E-state index >= 15 is 0 Å². The van der Waals surface area contributed by atoms with Gasteiger partial charge in [-0.15, -0.1) is 0 Å². The zero-order valence-electron chi connectivity index (χ0n) is 34.4. The first-order valence-corrected chi connectivity index (χ1v) is 21.4. The van der Waals surface area contributed by atoms with Crippen molar-refractivity contribution in [1.82, 2.24) is 24.5 Å². The SMILES string of the molecule is c1ccc(-c2cc(-c3nc(-c4ccc(-c5cccc(-n6c7ccccc7c7cc8ccccc8cc76)c5)cc4)nc(-c4nccc5c4oc4ccccc45)n3)cc3ccccc23)cc1. The van der Waals surface area contributed by atoms with E-state index < -0.39 is 0 Å². The van der Waals surface area contributed by atoms with Gasteiger partial charge in [-0.1, -0.05) is 152 Å². The minimum atomic E-state index is 0.440. The monoisotopic (exact) mass is 817 g/mol. The molecule has 0 saturated heterocycles. The number of furan rings is 1. The summed E-state index contributed by atoms with van der Waals surface area (Å²) in [6.07, 6.45) is 1.80. The predicted molar refractivity (Wildman–Crippen MR) is 261 cm³/mol. The van der Waals surface area contributed by atoms with Crippen LogP contribution in [-0.4, -0.2) is 24.5 Å². The van der Waals surface area contributed by atoms with Crippen LogP contribution >= 0.6 is 0 Å². The van der Waals surface area contributed by atoms with Crippen molar-refractivity contribution in [2.24, 2.45) is 0 Å². The van der Waals surface area contributed by atoms with Crippen LogP contribution < -0.4 is 0 Å². The van der Waals surface area contributed by atoms with Crippen molar-refractivity contribution in [3.63, 3.8) is 0 Å². The molecule has 0 saturated carbocycles.